The first-order valence-corrected chi connectivity index (χ1v) is 11.3. The third-order valence-corrected chi connectivity index (χ3v) is 7.09. The second-order valence-corrected chi connectivity index (χ2v) is 9.07. The predicted octanol–water partition coefficient (Wildman–Crippen LogP) is 4.21. The van der Waals surface area contributed by atoms with Gasteiger partial charge in [-0.2, -0.15) is 13.2 Å². The van der Waals surface area contributed by atoms with Crippen LogP contribution in [0.2, 0.25) is 0 Å². The van der Waals surface area contributed by atoms with Crippen LogP contribution in [0.5, 0.6) is 0 Å². The van der Waals surface area contributed by atoms with Crippen molar-refractivity contribution in [2.45, 2.75) is 25.9 Å². The molecule has 2 aromatic heterocycles. The molecule has 0 atom stereocenters. The first-order valence-electron chi connectivity index (χ1n) is 10.5. The highest BCUT2D eigenvalue weighted by molar-refractivity contribution is 7.20. The summed E-state index contributed by atoms with van der Waals surface area (Å²) in [6.07, 6.45) is -3.63. The summed E-state index contributed by atoms with van der Waals surface area (Å²) >= 11 is 0.864. The maximum Gasteiger partial charge on any atom is 0.433 e. The Balaban J connectivity index is 1.56. The van der Waals surface area contributed by atoms with Crippen molar-refractivity contribution in [2.24, 2.45) is 11.7 Å². The standard InChI is InChI=1S/C23H21F3N4O3S/c1-12-14-6-7-17(23(24,25)26)29-21(14)34-18(12)20(32)28-16-5-3-2-4-15(16)22(33)30-10-8-13(9-11-30)19(27)31/h2-7,13H,8-11H2,1H3,(H2,27,31)(H,28,32). The number of benzene rings is 1. The maximum atomic E-state index is 13.1. The molecule has 1 aromatic carbocycles. The smallest absolute Gasteiger partial charge is 0.369 e. The highest BCUT2D eigenvalue weighted by Gasteiger charge is 2.33. The number of nitrogens with one attached hydrogen (secondary N) is 1. The molecule has 1 fully saturated rings. The fourth-order valence-corrected chi connectivity index (χ4v) is 5.04. The number of pyridine rings is 1. The van der Waals surface area contributed by atoms with E-state index in [9.17, 15) is 27.6 Å². The number of para-hydroxylation sites is 1. The van der Waals surface area contributed by atoms with E-state index in [1.54, 1.807) is 36.1 Å². The Hall–Kier alpha value is -3.47. The molecular formula is C23H21F3N4O3S. The minimum Gasteiger partial charge on any atom is -0.369 e. The third-order valence-electron chi connectivity index (χ3n) is 5.89. The Kier molecular flexibility index (Phi) is 6.30. The molecule has 0 unspecified atom stereocenters. The molecular weight excluding hydrogens is 469 g/mol. The average molecular weight is 491 g/mol. The number of nitrogens with two attached hydrogens (primary N) is 1. The van der Waals surface area contributed by atoms with Crippen LogP contribution in [0.15, 0.2) is 36.4 Å². The fraction of sp³-hybridized carbons (Fsp3) is 0.304. The molecule has 7 nitrogen and oxygen atoms in total. The maximum absolute atomic E-state index is 13.1. The largest absolute Gasteiger partial charge is 0.433 e. The summed E-state index contributed by atoms with van der Waals surface area (Å²) in [6.45, 7) is 2.39. The number of alkyl halides is 3. The van der Waals surface area contributed by atoms with Gasteiger partial charge >= 0.3 is 6.18 Å². The number of carbonyl (C=O) groups is 3. The summed E-state index contributed by atoms with van der Waals surface area (Å²) in [5.74, 6) is -1.47. The van der Waals surface area contributed by atoms with Gasteiger partial charge in [0.2, 0.25) is 5.91 Å². The number of primary amides is 1. The van der Waals surface area contributed by atoms with Gasteiger partial charge < -0.3 is 16.0 Å². The molecule has 11 heteroatoms. The van der Waals surface area contributed by atoms with Crippen molar-refractivity contribution >= 4 is 45.0 Å². The summed E-state index contributed by atoms with van der Waals surface area (Å²) in [4.78, 5) is 43.1. The van der Waals surface area contributed by atoms with Crippen LogP contribution in [-0.2, 0) is 11.0 Å². The Bertz CT molecular complexity index is 1280. The zero-order chi connectivity index (χ0) is 24.6. The lowest BCUT2D eigenvalue weighted by Crippen LogP contribution is -2.42. The Morgan fingerprint density at radius 2 is 1.79 bits per heavy atom. The van der Waals surface area contributed by atoms with Gasteiger partial charge in [0.05, 0.1) is 16.1 Å². The molecule has 3 N–H and O–H groups in total. The Labute approximate surface area is 196 Å². The average Bonchev–Trinajstić information content (AvgIpc) is 3.14. The number of halogens is 3. The van der Waals surface area contributed by atoms with Crippen LogP contribution >= 0.6 is 11.3 Å². The molecule has 3 aromatic rings. The normalized spacial score (nSPS) is 14.9. The molecule has 4 rings (SSSR count). The highest BCUT2D eigenvalue weighted by atomic mass is 32.1. The summed E-state index contributed by atoms with van der Waals surface area (Å²) in [5.41, 5.74) is 5.41. The van der Waals surface area contributed by atoms with Gasteiger partial charge in [-0.05, 0) is 49.6 Å². The molecule has 0 spiro atoms. The van der Waals surface area contributed by atoms with Crippen molar-refractivity contribution in [3.63, 3.8) is 0 Å². The number of rotatable bonds is 4. The number of likely N-dealkylation sites (tertiary alicyclic amines) is 1. The van der Waals surface area contributed by atoms with E-state index in [1.807, 2.05) is 0 Å². The lowest BCUT2D eigenvalue weighted by Gasteiger charge is -2.31. The van der Waals surface area contributed by atoms with Crippen LogP contribution in [0, 0.1) is 12.8 Å². The molecule has 1 saturated heterocycles. The van der Waals surface area contributed by atoms with Crippen LogP contribution in [0.25, 0.3) is 10.2 Å². The first kappa shape index (κ1) is 23.7. The van der Waals surface area contributed by atoms with E-state index in [-0.39, 0.29) is 38.7 Å². The third kappa shape index (κ3) is 4.60. The zero-order valence-corrected chi connectivity index (χ0v) is 18.9. The molecule has 3 heterocycles. The SMILES string of the molecule is Cc1c(C(=O)Nc2ccccc2C(=O)N2CCC(C(N)=O)CC2)sc2nc(C(F)(F)F)ccc12. The summed E-state index contributed by atoms with van der Waals surface area (Å²) in [5, 5.41) is 3.18. The van der Waals surface area contributed by atoms with Gasteiger partial charge in [0.15, 0.2) is 0 Å². The lowest BCUT2D eigenvalue weighted by atomic mass is 9.95. The molecule has 0 radical (unpaired) electrons. The summed E-state index contributed by atoms with van der Waals surface area (Å²) < 4.78 is 39.0. The van der Waals surface area contributed by atoms with Crippen molar-refractivity contribution < 1.29 is 27.6 Å². The molecule has 0 bridgehead atoms. The van der Waals surface area contributed by atoms with Gasteiger partial charge in [-0.1, -0.05) is 12.1 Å². The van der Waals surface area contributed by atoms with Crippen LogP contribution < -0.4 is 11.1 Å². The van der Waals surface area contributed by atoms with Crippen LogP contribution in [0.3, 0.4) is 0 Å². The van der Waals surface area contributed by atoms with Crippen molar-refractivity contribution in [1.29, 1.82) is 0 Å². The predicted molar refractivity (Wildman–Crippen MR) is 122 cm³/mol. The number of aromatic nitrogens is 1. The number of nitrogens with zero attached hydrogens (tertiary/aromatic N) is 2. The van der Waals surface area contributed by atoms with E-state index in [0.717, 1.165) is 17.4 Å². The Morgan fingerprint density at radius 3 is 2.44 bits per heavy atom. The number of aryl methyl sites for hydroxylation is 1. The quantitative estimate of drug-likeness (QED) is 0.571. The number of hydrogen-bond acceptors (Lipinski definition) is 5. The van der Waals surface area contributed by atoms with Gasteiger partial charge in [0.25, 0.3) is 11.8 Å². The topological polar surface area (TPSA) is 105 Å². The summed E-state index contributed by atoms with van der Waals surface area (Å²) in [6, 6.07) is 8.71. The van der Waals surface area contributed by atoms with E-state index >= 15 is 0 Å². The summed E-state index contributed by atoms with van der Waals surface area (Å²) in [7, 11) is 0. The highest BCUT2D eigenvalue weighted by Crippen LogP contribution is 2.34. The van der Waals surface area contributed by atoms with Crippen molar-refractivity contribution in [3.8, 4) is 0 Å². The van der Waals surface area contributed by atoms with Gasteiger partial charge in [0, 0.05) is 24.4 Å². The fourth-order valence-electron chi connectivity index (χ4n) is 3.97. The number of amides is 3. The second-order valence-electron chi connectivity index (χ2n) is 8.07. The molecule has 34 heavy (non-hydrogen) atoms. The molecule has 1 aliphatic rings. The van der Waals surface area contributed by atoms with Gasteiger partial charge in [-0.25, -0.2) is 4.98 Å². The van der Waals surface area contributed by atoms with E-state index < -0.39 is 17.8 Å². The van der Waals surface area contributed by atoms with Gasteiger partial charge in [-0.3, -0.25) is 14.4 Å². The van der Waals surface area contributed by atoms with Crippen molar-refractivity contribution in [3.05, 3.63) is 58.1 Å². The number of piperidine rings is 1. The van der Waals surface area contributed by atoms with Crippen molar-refractivity contribution in [1.82, 2.24) is 9.88 Å². The van der Waals surface area contributed by atoms with E-state index in [0.29, 0.717) is 36.9 Å². The van der Waals surface area contributed by atoms with E-state index in [4.69, 9.17) is 5.73 Å². The molecule has 3 amide bonds. The number of fused-ring (bicyclic) bond motifs is 1. The zero-order valence-electron chi connectivity index (χ0n) is 18.1. The molecule has 0 aliphatic carbocycles. The number of anilines is 1. The van der Waals surface area contributed by atoms with Crippen molar-refractivity contribution in [2.75, 3.05) is 18.4 Å². The molecule has 178 valence electrons. The van der Waals surface area contributed by atoms with Gasteiger partial charge in [0.1, 0.15) is 10.5 Å². The van der Waals surface area contributed by atoms with Crippen LogP contribution in [-0.4, -0.2) is 40.7 Å². The van der Waals surface area contributed by atoms with Crippen LogP contribution in [0.1, 0.15) is 44.1 Å². The number of thiophene rings is 1. The van der Waals surface area contributed by atoms with E-state index in [1.165, 1.54) is 6.07 Å². The second kappa shape index (κ2) is 9.05. The number of hydrogen-bond donors (Lipinski definition) is 2. The van der Waals surface area contributed by atoms with Crippen LogP contribution in [0.4, 0.5) is 18.9 Å². The van der Waals surface area contributed by atoms with Gasteiger partial charge in [-0.15, -0.1) is 11.3 Å². The first-order chi connectivity index (χ1) is 16.1. The minimum atomic E-state index is -4.58. The molecule has 0 saturated carbocycles. The number of carbonyl (C=O) groups excluding carboxylic acids is 3. The lowest BCUT2D eigenvalue weighted by molar-refractivity contribution is -0.141. The molecule has 1 aliphatic heterocycles. The van der Waals surface area contributed by atoms with E-state index in [2.05, 4.69) is 10.3 Å². The Morgan fingerprint density at radius 1 is 1.12 bits per heavy atom. The minimum absolute atomic E-state index is 0.110. The monoisotopic (exact) mass is 490 g/mol.